The monoisotopic (exact) mass is 285 g/mol. The summed E-state index contributed by atoms with van der Waals surface area (Å²) < 4.78 is 0. The maximum Gasteiger partial charge on any atom is 0.179 e. The summed E-state index contributed by atoms with van der Waals surface area (Å²) in [7, 11) is 0. The average Bonchev–Trinajstić information content (AvgIpc) is 2.53. The molecule has 2 aliphatic rings. The van der Waals surface area contributed by atoms with E-state index in [4.69, 9.17) is 0 Å². The van der Waals surface area contributed by atoms with Crippen molar-refractivity contribution in [2.24, 2.45) is 5.92 Å². The lowest BCUT2D eigenvalue weighted by Gasteiger charge is -2.46. The van der Waals surface area contributed by atoms with Crippen molar-refractivity contribution in [1.82, 2.24) is 4.90 Å². The standard InChI is InChI=1S/C19H27NO/c1-14-9-11-17(12-10-14)19(21)15(2)20-13-5-7-16-6-3-4-8-18(16)20/h9-12,15-16,18H,3-8,13H2,1-2H3. The summed E-state index contributed by atoms with van der Waals surface area (Å²) in [5.41, 5.74) is 2.08. The van der Waals surface area contributed by atoms with Crippen molar-refractivity contribution in [2.45, 2.75) is 64.5 Å². The fourth-order valence-corrected chi connectivity index (χ4v) is 4.25. The van der Waals surface area contributed by atoms with E-state index in [2.05, 4.69) is 18.7 Å². The van der Waals surface area contributed by atoms with Crippen LogP contribution in [0.2, 0.25) is 0 Å². The maximum absolute atomic E-state index is 12.8. The lowest BCUT2D eigenvalue weighted by molar-refractivity contribution is 0.0297. The van der Waals surface area contributed by atoms with Gasteiger partial charge in [-0.25, -0.2) is 0 Å². The van der Waals surface area contributed by atoms with Gasteiger partial charge in [0.2, 0.25) is 0 Å². The van der Waals surface area contributed by atoms with Crippen molar-refractivity contribution in [1.29, 1.82) is 0 Å². The number of carbonyl (C=O) groups excluding carboxylic acids is 1. The summed E-state index contributed by atoms with van der Waals surface area (Å²) in [4.78, 5) is 15.3. The number of rotatable bonds is 3. The topological polar surface area (TPSA) is 20.3 Å². The quantitative estimate of drug-likeness (QED) is 0.775. The minimum atomic E-state index is 0.0265. The van der Waals surface area contributed by atoms with Gasteiger partial charge in [-0.1, -0.05) is 42.7 Å². The third-order valence-electron chi connectivity index (χ3n) is 5.50. The Balaban J connectivity index is 1.75. The van der Waals surface area contributed by atoms with Gasteiger partial charge in [0.05, 0.1) is 6.04 Å². The number of aryl methyl sites for hydroxylation is 1. The van der Waals surface area contributed by atoms with Gasteiger partial charge in [-0.05, 0) is 52.0 Å². The number of likely N-dealkylation sites (tertiary alicyclic amines) is 1. The van der Waals surface area contributed by atoms with Crippen LogP contribution in [0.5, 0.6) is 0 Å². The van der Waals surface area contributed by atoms with Gasteiger partial charge in [0.15, 0.2) is 5.78 Å². The molecule has 1 aromatic rings. The summed E-state index contributed by atoms with van der Waals surface area (Å²) in [6.45, 7) is 5.27. The summed E-state index contributed by atoms with van der Waals surface area (Å²) in [6, 6.07) is 8.72. The molecule has 1 aliphatic heterocycles. The van der Waals surface area contributed by atoms with Crippen molar-refractivity contribution in [3.63, 3.8) is 0 Å². The van der Waals surface area contributed by atoms with Gasteiger partial charge in [0.25, 0.3) is 0 Å². The normalized spacial score (nSPS) is 27.9. The fraction of sp³-hybridized carbons (Fsp3) is 0.632. The largest absolute Gasteiger partial charge is 0.292 e. The van der Waals surface area contributed by atoms with Gasteiger partial charge in [-0.15, -0.1) is 0 Å². The average molecular weight is 285 g/mol. The van der Waals surface area contributed by atoms with Gasteiger partial charge >= 0.3 is 0 Å². The van der Waals surface area contributed by atoms with Crippen LogP contribution in [-0.4, -0.2) is 29.3 Å². The minimum absolute atomic E-state index is 0.0265. The molecule has 0 bridgehead atoms. The van der Waals surface area contributed by atoms with E-state index in [1.165, 1.54) is 44.1 Å². The number of hydrogen-bond acceptors (Lipinski definition) is 2. The molecule has 1 saturated heterocycles. The van der Waals surface area contributed by atoms with Crippen molar-refractivity contribution < 1.29 is 4.79 Å². The molecule has 0 radical (unpaired) electrons. The van der Waals surface area contributed by atoms with Gasteiger partial charge in [0.1, 0.15) is 0 Å². The van der Waals surface area contributed by atoms with E-state index in [-0.39, 0.29) is 6.04 Å². The molecule has 21 heavy (non-hydrogen) atoms. The number of carbonyl (C=O) groups is 1. The van der Waals surface area contributed by atoms with Gasteiger partial charge in [-0.3, -0.25) is 9.69 Å². The van der Waals surface area contributed by atoms with Crippen LogP contribution >= 0.6 is 0 Å². The molecule has 3 unspecified atom stereocenters. The Hall–Kier alpha value is -1.15. The maximum atomic E-state index is 12.8. The number of ketones is 1. The Morgan fingerprint density at radius 1 is 1.10 bits per heavy atom. The van der Waals surface area contributed by atoms with Crippen molar-refractivity contribution in [2.75, 3.05) is 6.54 Å². The van der Waals surface area contributed by atoms with E-state index in [0.29, 0.717) is 11.8 Å². The summed E-state index contributed by atoms with van der Waals surface area (Å²) >= 11 is 0. The second-order valence-electron chi connectivity index (χ2n) is 6.90. The molecule has 2 heteroatoms. The van der Waals surface area contributed by atoms with Gasteiger partial charge in [0, 0.05) is 11.6 Å². The van der Waals surface area contributed by atoms with Crippen LogP contribution in [0.4, 0.5) is 0 Å². The SMILES string of the molecule is Cc1ccc(C(=O)C(C)N2CCCC3CCCCC32)cc1. The summed E-state index contributed by atoms with van der Waals surface area (Å²) in [6.07, 6.45) is 8.00. The molecule has 1 aromatic carbocycles. The minimum Gasteiger partial charge on any atom is -0.292 e. The summed E-state index contributed by atoms with van der Waals surface area (Å²) in [5, 5.41) is 0. The first-order valence-electron chi connectivity index (χ1n) is 8.53. The zero-order chi connectivity index (χ0) is 14.8. The third-order valence-corrected chi connectivity index (χ3v) is 5.50. The van der Waals surface area contributed by atoms with Crippen molar-refractivity contribution >= 4 is 5.78 Å². The second-order valence-corrected chi connectivity index (χ2v) is 6.90. The third kappa shape index (κ3) is 3.06. The molecule has 2 fully saturated rings. The van der Waals surface area contributed by atoms with Crippen molar-refractivity contribution in [3.8, 4) is 0 Å². The Morgan fingerprint density at radius 2 is 1.76 bits per heavy atom. The number of nitrogens with zero attached hydrogens (tertiary/aromatic N) is 1. The molecule has 0 aromatic heterocycles. The first-order chi connectivity index (χ1) is 10.2. The Bertz CT molecular complexity index is 491. The van der Waals surface area contributed by atoms with E-state index in [0.717, 1.165) is 18.0 Å². The molecule has 3 rings (SSSR count). The molecule has 0 spiro atoms. The molecular weight excluding hydrogens is 258 g/mol. The van der Waals surface area contributed by atoms with Crippen LogP contribution in [0.25, 0.3) is 0 Å². The molecule has 114 valence electrons. The lowest BCUT2D eigenvalue weighted by atomic mass is 9.77. The van der Waals surface area contributed by atoms with E-state index in [9.17, 15) is 4.79 Å². The highest BCUT2D eigenvalue weighted by molar-refractivity contribution is 5.99. The van der Waals surface area contributed by atoms with E-state index in [1.807, 2.05) is 24.3 Å². The fourth-order valence-electron chi connectivity index (χ4n) is 4.25. The molecule has 2 nitrogen and oxygen atoms in total. The predicted octanol–water partition coefficient (Wildman–Crippen LogP) is 4.22. The smallest absolute Gasteiger partial charge is 0.179 e. The Morgan fingerprint density at radius 3 is 2.52 bits per heavy atom. The number of hydrogen-bond donors (Lipinski definition) is 0. The number of Topliss-reactive ketones (excluding diaryl/α,β-unsaturated/α-hetero) is 1. The van der Waals surface area contributed by atoms with E-state index >= 15 is 0 Å². The highest BCUT2D eigenvalue weighted by Gasteiger charge is 2.37. The Labute approximate surface area is 128 Å². The van der Waals surface area contributed by atoms with Crippen molar-refractivity contribution in [3.05, 3.63) is 35.4 Å². The van der Waals surface area contributed by atoms with Crippen LogP contribution in [0.1, 0.15) is 61.4 Å². The molecule has 0 amide bonds. The van der Waals surface area contributed by atoms with Gasteiger partial charge in [-0.2, -0.15) is 0 Å². The zero-order valence-electron chi connectivity index (χ0n) is 13.3. The Kier molecular flexibility index (Phi) is 4.44. The molecule has 3 atom stereocenters. The number of piperidine rings is 1. The van der Waals surface area contributed by atoms with E-state index < -0.39 is 0 Å². The van der Waals surface area contributed by atoms with E-state index in [1.54, 1.807) is 0 Å². The molecule has 0 N–H and O–H groups in total. The highest BCUT2D eigenvalue weighted by atomic mass is 16.1. The first kappa shape index (κ1) is 14.8. The first-order valence-corrected chi connectivity index (χ1v) is 8.53. The number of benzene rings is 1. The zero-order valence-corrected chi connectivity index (χ0v) is 13.3. The molecule has 1 saturated carbocycles. The van der Waals surface area contributed by atoms with Crippen LogP contribution < -0.4 is 0 Å². The van der Waals surface area contributed by atoms with Crippen LogP contribution in [-0.2, 0) is 0 Å². The summed E-state index contributed by atoms with van der Waals surface area (Å²) in [5.74, 6) is 1.13. The molecule has 1 aliphatic carbocycles. The van der Waals surface area contributed by atoms with Crippen LogP contribution in [0, 0.1) is 12.8 Å². The number of fused-ring (bicyclic) bond motifs is 1. The van der Waals surface area contributed by atoms with Crippen LogP contribution in [0.15, 0.2) is 24.3 Å². The van der Waals surface area contributed by atoms with Gasteiger partial charge < -0.3 is 0 Å². The molecule has 1 heterocycles. The molecular formula is C19H27NO. The highest BCUT2D eigenvalue weighted by Crippen LogP contribution is 2.36. The second kappa shape index (κ2) is 6.31. The lowest BCUT2D eigenvalue weighted by Crippen LogP contribution is -2.53. The predicted molar refractivity (Wildman–Crippen MR) is 86.7 cm³/mol. The van der Waals surface area contributed by atoms with Crippen LogP contribution in [0.3, 0.4) is 0 Å².